The van der Waals surface area contributed by atoms with Crippen molar-refractivity contribution >= 4 is 56.4 Å². The lowest BCUT2D eigenvalue weighted by molar-refractivity contribution is -0.123. The molecule has 0 fully saturated rings. The second-order valence-electron chi connectivity index (χ2n) is 6.38. The van der Waals surface area contributed by atoms with Crippen molar-refractivity contribution in [1.29, 1.82) is 0 Å². The number of imide groups is 1. The van der Waals surface area contributed by atoms with E-state index in [4.69, 9.17) is 16.3 Å². The monoisotopic (exact) mass is 492 g/mol. The van der Waals surface area contributed by atoms with Crippen molar-refractivity contribution in [3.8, 4) is 0 Å². The summed E-state index contributed by atoms with van der Waals surface area (Å²) in [6.07, 6.45) is 0. The maximum atomic E-state index is 12.9. The van der Waals surface area contributed by atoms with Crippen LogP contribution in [0.25, 0.3) is 0 Å². The van der Waals surface area contributed by atoms with E-state index in [2.05, 4.69) is 5.32 Å². The second kappa shape index (κ2) is 9.94. The number of nitrogens with one attached hydrogen (secondary N) is 1. The van der Waals surface area contributed by atoms with E-state index in [-0.39, 0.29) is 15.5 Å². The van der Waals surface area contributed by atoms with Crippen molar-refractivity contribution < 1.29 is 27.5 Å². The third-order valence-electron chi connectivity index (χ3n) is 4.27. The van der Waals surface area contributed by atoms with Gasteiger partial charge in [0.05, 0.1) is 26.0 Å². The van der Waals surface area contributed by atoms with E-state index in [1.807, 2.05) is 0 Å². The second-order valence-corrected chi connectivity index (χ2v) is 9.70. The lowest BCUT2D eigenvalue weighted by atomic mass is 10.2. The van der Waals surface area contributed by atoms with Crippen LogP contribution in [0.5, 0.6) is 0 Å². The molecule has 1 aromatic heterocycles. The number of anilines is 1. The van der Waals surface area contributed by atoms with Crippen molar-refractivity contribution in [3.63, 3.8) is 0 Å². The summed E-state index contributed by atoms with van der Waals surface area (Å²) in [6, 6.07) is 15.2. The zero-order chi connectivity index (χ0) is 23.3. The molecule has 0 bridgehead atoms. The quantitative estimate of drug-likeness (QED) is 0.506. The molecule has 1 heterocycles. The molecule has 8 nitrogen and oxygen atoms in total. The van der Waals surface area contributed by atoms with Gasteiger partial charge >= 0.3 is 5.97 Å². The summed E-state index contributed by atoms with van der Waals surface area (Å²) in [5.74, 6) is -2.45. The standard InChI is InChI=1S/C21H17ClN2O6S2/c1-24(14-6-3-2-4-7-14)32(28,29)15-9-10-17(22)16(12-15)21(27)30-13-19(25)23-20(26)18-8-5-11-31-18/h2-12H,13H2,1H3,(H,23,25,26). The average molecular weight is 493 g/mol. The molecular formula is C21H17ClN2O6S2. The number of thiophene rings is 1. The van der Waals surface area contributed by atoms with Crippen molar-refractivity contribution in [2.75, 3.05) is 18.0 Å². The molecule has 0 radical (unpaired) electrons. The molecule has 0 unspecified atom stereocenters. The van der Waals surface area contributed by atoms with Crippen LogP contribution < -0.4 is 9.62 Å². The minimum Gasteiger partial charge on any atom is -0.452 e. The van der Waals surface area contributed by atoms with E-state index < -0.39 is 34.4 Å². The highest BCUT2D eigenvalue weighted by Crippen LogP contribution is 2.26. The maximum Gasteiger partial charge on any atom is 0.340 e. The van der Waals surface area contributed by atoms with Crippen LogP contribution in [0.4, 0.5) is 5.69 Å². The van der Waals surface area contributed by atoms with Crippen LogP contribution in [-0.4, -0.2) is 39.9 Å². The van der Waals surface area contributed by atoms with E-state index in [9.17, 15) is 22.8 Å². The van der Waals surface area contributed by atoms with Gasteiger partial charge in [-0.25, -0.2) is 13.2 Å². The van der Waals surface area contributed by atoms with E-state index in [1.165, 1.54) is 25.2 Å². The highest BCUT2D eigenvalue weighted by molar-refractivity contribution is 7.92. The lowest BCUT2D eigenvalue weighted by Crippen LogP contribution is -2.33. The third-order valence-corrected chi connectivity index (χ3v) is 7.25. The topological polar surface area (TPSA) is 110 Å². The molecule has 11 heteroatoms. The van der Waals surface area contributed by atoms with E-state index in [1.54, 1.807) is 41.8 Å². The molecule has 2 aromatic carbocycles. The van der Waals surface area contributed by atoms with Crippen LogP contribution in [-0.2, 0) is 19.6 Å². The van der Waals surface area contributed by atoms with Gasteiger partial charge in [-0.05, 0) is 41.8 Å². The maximum absolute atomic E-state index is 12.9. The van der Waals surface area contributed by atoms with Crippen molar-refractivity contribution in [2.45, 2.75) is 4.90 Å². The summed E-state index contributed by atoms with van der Waals surface area (Å²) >= 11 is 7.19. The van der Waals surface area contributed by atoms with Gasteiger partial charge in [-0.3, -0.25) is 19.2 Å². The molecular weight excluding hydrogens is 476 g/mol. The number of para-hydroxylation sites is 1. The molecule has 0 spiro atoms. The van der Waals surface area contributed by atoms with E-state index in [0.29, 0.717) is 10.6 Å². The number of esters is 1. The Labute approximate surface area is 193 Å². The minimum atomic E-state index is -3.99. The zero-order valence-electron chi connectivity index (χ0n) is 16.6. The molecule has 0 aliphatic carbocycles. The summed E-state index contributed by atoms with van der Waals surface area (Å²) in [5.41, 5.74) is 0.199. The number of hydrogen-bond acceptors (Lipinski definition) is 7. The molecule has 0 saturated heterocycles. The Morgan fingerprint density at radius 1 is 1.06 bits per heavy atom. The lowest BCUT2D eigenvalue weighted by Gasteiger charge is -2.20. The Kier molecular flexibility index (Phi) is 7.29. The van der Waals surface area contributed by atoms with Crippen LogP contribution in [0.1, 0.15) is 20.0 Å². The summed E-state index contributed by atoms with van der Waals surface area (Å²) < 4.78 is 31.9. The predicted octanol–water partition coefficient (Wildman–Crippen LogP) is 3.34. The zero-order valence-corrected chi connectivity index (χ0v) is 19.0. The van der Waals surface area contributed by atoms with Gasteiger partial charge in [0.25, 0.3) is 21.8 Å². The summed E-state index contributed by atoms with van der Waals surface area (Å²) in [4.78, 5) is 36.3. The number of carbonyl (C=O) groups is 3. The SMILES string of the molecule is CN(c1ccccc1)S(=O)(=O)c1ccc(Cl)c(C(=O)OCC(=O)NC(=O)c2cccs2)c1. The van der Waals surface area contributed by atoms with Crippen LogP contribution in [0.15, 0.2) is 70.9 Å². The first kappa shape index (κ1) is 23.5. The molecule has 0 aliphatic heterocycles. The number of amides is 2. The Morgan fingerprint density at radius 3 is 2.44 bits per heavy atom. The van der Waals surface area contributed by atoms with Gasteiger partial charge in [0.15, 0.2) is 6.61 Å². The Hall–Kier alpha value is -3.21. The number of nitrogens with zero attached hydrogens (tertiary/aromatic N) is 1. The molecule has 1 N–H and O–H groups in total. The molecule has 2 amide bonds. The largest absolute Gasteiger partial charge is 0.452 e. The normalized spacial score (nSPS) is 10.9. The number of carbonyl (C=O) groups excluding carboxylic acids is 3. The molecule has 0 atom stereocenters. The van der Waals surface area contributed by atoms with Crippen LogP contribution in [0.2, 0.25) is 5.02 Å². The number of ether oxygens (including phenoxy) is 1. The Balaban J connectivity index is 1.71. The number of sulfonamides is 1. The predicted molar refractivity (Wildman–Crippen MR) is 121 cm³/mol. The minimum absolute atomic E-state index is 0.0496. The fraction of sp³-hybridized carbons (Fsp3) is 0.0952. The molecule has 3 aromatic rings. The first-order chi connectivity index (χ1) is 15.2. The highest BCUT2D eigenvalue weighted by atomic mass is 35.5. The first-order valence-corrected chi connectivity index (χ1v) is 11.8. The van der Waals surface area contributed by atoms with Crippen molar-refractivity contribution in [3.05, 3.63) is 81.5 Å². The highest BCUT2D eigenvalue weighted by Gasteiger charge is 2.24. The van der Waals surface area contributed by atoms with Gasteiger partial charge < -0.3 is 4.74 Å². The number of rotatable bonds is 7. The first-order valence-electron chi connectivity index (χ1n) is 9.08. The number of hydrogen-bond donors (Lipinski definition) is 1. The van der Waals surface area contributed by atoms with Gasteiger partial charge in [-0.15, -0.1) is 11.3 Å². The van der Waals surface area contributed by atoms with Gasteiger partial charge in [0.1, 0.15) is 0 Å². The molecule has 0 aliphatic rings. The fourth-order valence-electron chi connectivity index (χ4n) is 2.60. The van der Waals surface area contributed by atoms with Gasteiger partial charge in [0.2, 0.25) is 0 Å². The van der Waals surface area contributed by atoms with Crippen molar-refractivity contribution in [2.24, 2.45) is 0 Å². The molecule has 166 valence electrons. The number of benzene rings is 2. The summed E-state index contributed by atoms with van der Waals surface area (Å²) in [6.45, 7) is -0.743. The van der Waals surface area contributed by atoms with E-state index in [0.717, 1.165) is 21.7 Å². The Bertz CT molecular complexity index is 1240. The summed E-state index contributed by atoms with van der Waals surface area (Å²) in [5, 5.41) is 3.72. The Morgan fingerprint density at radius 2 is 1.78 bits per heavy atom. The van der Waals surface area contributed by atoms with Gasteiger partial charge in [0, 0.05) is 7.05 Å². The van der Waals surface area contributed by atoms with Crippen LogP contribution in [0, 0.1) is 0 Å². The van der Waals surface area contributed by atoms with E-state index >= 15 is 0 Å². The van der Waals surface area contributed by atoms with Crippen molar-refractivity contribution in [1.82, 2.24) is 5.32 Å². The summed E-state index contributed by atoms with van der Waals surface area (Å²) in [7, 11) is -2.61. The third kappa shape index (κ3) is 5.34. The molecule has 0 saturated carbocycles. The van der Waals surface area contributed by atoms with Crippen LogP contribution >= 0.6 is 22.9 Å². The van der Waals surface area contributed by atoms with Gasteiger partial charge in [-0.2, -0.15) is 0 Å². The smallest absolute Gasteiger partial charge is 0.340 e. The molecule has 32 heavy (non-hydrogen) atoms. The fourth-order valence-corrected chi connectivity index (χ4v) is 4.63. The average Bonchev–Trinajstić information content (AvgIpc) is 3.33. The molecule has 3 rings (SSSR count). The number of halogens is 1. The van der Waals surface area contributed by atoms with Gasteiger partial charge in [-0.1, -0.05) is 35.9 Å². The van der Waals surface area contributed by atoms with Crippen LogP contribution in [0.3, 0.4) is 0 Å².